The zero-order chi connectivity index (χ0) is 25.8. The molecule has 2 aliphatic rings. The van der Waals surface area contributed by atoms with Crippen LogP contribution in [0, 0.1) is 0 Å². The van der Waals surface area contributed by atoms with E-state index in [0.29, 0.717) is 23.7 Å². The third-order valence-corrected chi connectivity index (χ3v) is 6.73. The Morgan fingerprint density at radius 2 is 1.81 bits per heavy atom. The van der Waals surface area contributed by atoms with E-state index in [1.807, 2.05) is 6.92 Å². The van der Waals surface area contributed by atoms with Crippen LogP contribution in [0.5, 0.6) is 11.5 Å². The summed E-state index contributed by atoms with van der Waals surface area (Å²) in [7, 11) is 0. The lowest BCUT2D eigenvalue weighted by Gasteiger charge is -2.49. The average molecular weight is 517 g/mol. The van der Waals surface area contributed by atoms with Gasteiger partial charge in [0.05, 0.1) is 6.61 Å². The van der Waals surface area contributed by atoms with E-state index in [4.69, 9.17) is 18.6 Å². The standard InChI is InChI=1S/C24H24N2O9S/c1-3-32-15-4-6-16(7-5-15)34-11-17-8-9-18(35-17)21(28)25-19-22(29)26-20(24(30)31)14(10-33-13(2)27)12-36-23(19)26/h4-9,19,23H,3,10-12H2,1-2H3,(H,25,28)(H,30,31)/t19-,23-/m0/s1. The Morgan fingerprint density at radius 3 is 2.44 bits per heavy atom. The highest BCUT2D eigenvalue weighted by molar-refractivity contribution is 8.00. The topological polar surface area (TPSA) is 145 Å². The fraction of sp³-hybridized carbons (Fsp3) is 0.333. The molecule has 0 unspecified atom stereocenters. The Morgan fingerprint density at radius 1 is 1.11 bits per heavy atom. The van der Waals surface area contributed by atoms with Crippen molar-refractivity contribution in [1.82, 2.24) is 10.2 Å². The van der Waals surface area contributed by atoms with Crippen molar-refractivity contribution in [2.75, 3.05) is 19.0 Å². The van der Waals surface area contributed by atoms with E-state index in [1.165, 1.54) is 24.8 Å². The van der Waals surface area contributed by atoms with Crippen molar-refractivity contribution in [2.45, 2.75) is 31.9 Å². The van der Waals surface area contributed by atoms with Crippen LogP contribution in [0.4, 0.5) is 0 Å². The Hall–Kier alpha value is -3.93. The Kier molecular flexibility index (Phi) is 7.53. The molecule has 2 N–H and O–H groups in total. The van der Waals surface area contributed by atoms with Crippen LogP contribution in [-0.2, 0) is 25.7 Å². The summed E-state index contributed by atoms with van der Waals surface area (Å²) in [5, 5.41) is 11.6. The lowest BCUT2D eigenvalue weighted by atomic mass is 10.0. The summed E-state index contributed by atoms with van der Waals surface area (Å²) in [6, 6.07) is 9.24. The summed E-state index contributed by atoms with van der Waals surface area (Å²) in [4.78, 5) is 49.4. The predicted octanol–water partition coefficient (Wildman–Crippen LogP) is 2.17. The number of nitrogens with zero attached hydrogens (tertiary/aromatic N) is 1. The molecular formula is C24H24N2O9S. The number of thioether (sulfide) groups is 1. The molecule has 0 aliphatic carbocycles. The molecular weight excluding hydrogens is 492 g/mol. The lowest BCUT2D eigenvalue weighted by molar-refractivity contribution is -0.149. The first-order valence-corrected chi connectivity index (χ1v) is 12.1. The van der Waals surface area contributed by atoms with Gasteiger partial charge in [0.15, 0.2) is 5.76 Å². The molecule has 2 atom stereocenters. The number of hydrogen-bond donors (Lipinski definition) is 2. The highest BCUT2D eigenvalue weighted by Gasteiger charge is 2.54. The number of fused-ring (bicyclic) bond motifs is 1. The number of benzene rings is 1. The van der Waals surface area contributed by atoms with Crippen molar-refractivity contribution in [3.8, 4) is 11.5 Å². The minimum absolute atomic E-state index is 0.00287. The van der Waals surface area contributed by atoms with Crippen LogP contribution in [0.3, 0.4) is 0 Å². The first-order valence-electron chi connectivity index (χ1n) is 11.1. The van der Waals surface area contributed by atoms with Gasteiger partial charge in [-0.2, -0.15) is 0 Å². The van der Waals surface area contributed by atoms with Crippen LogP contribution in [0.2, 0.25) is 0 Å². The van der Waals surface area contributed by atoms with Crippen molar-refractivity contribution in [1.29, 1.82) is 0 Å². The maximum Gasteiger partial charge on any atom is 0.352 e. The van der Waals surface area contributed by atoms with Crippen LogP contribution >= 0.6 is 11.8 Å². The molecule has 1 fully saturated rings. The van der Waals surface area contributed by atoms with Gasteiger partial charge in [-0.1, -0.05) is 0 Å². The fourth-order valence-electron chi connectivity index (χ4n) is 3.73. The molecule has 1 aromatic carbocycles. The van der Waals surface area contributed by atoms with Gasteiger partial charge in [0.25, 0.3) is 11.8 Å². The summed E-state index contributed by atoms with van der Waals surface area (Å²) in [6.45, 7) is 3.55. The zero-order valence-electron chi connectivity index (χ0n) is 19.5. The van der Waals surface area contributed by atoms with E-state index in [9.17, 15) is 24.3 Å². The maximum atomic E-state index is 12.7. The number of ether oxygens (including phenoxy) is 3. The van der Waals surface area contributed by atoms with E-state index in [2.05, 4.69) is 5.32 Å². The van der Waals surface area contributed by atoms with Crippen molar-refractivity contribution in [3.05, 3.63) is 59.2 Å². The smallest absolute Gasteiger partial charge is 0.352 e. The first-order chi connectivity index (χ1) is 17.3. The summed E-state index contributed by atoms with van der Waals surface area (Å²) in [5.41, 5.74) is 0.0995. The number of aliphatic carboxylic acids is 1. The summed E-state index contributed by atoms with van der Waals surface area (Å²) >= 11 is 1.28. The number of carbonyl (C=O) groups is 4. The third kappa shape index (κ3) is 5.33. The molecule has 1 saturated heterocycles. The molecule has 3 heterocycles. The van der Waals surface area contributed by atoms with Gasteiger partial charge in [0.2, 0.25) is 0 Å². The second kappa shape index (κ2) is 10.8. The highest BCUT2D eigenvalue weighted by atomic mass is 32.2. The molecule has 11 nitrogen and oxygen atoms in total. The molecule has 2 aromatic rings. The molecule has 0 radical (unpaired) electrons. The number of carbonyl (C=O) groups excluding carboxylic acids is 3. The molecule has 0 saturated carbocycles. The fourth-order valence-corrected chi connectivity index (χ4v) is 5.05. The molecule has 0 bridgehead atoms. The van der Waals surface area contributed by atoms with Crippen molar-refractivity contribution < 1.29 is 42.9 Å². The van der Waals surface area contributed by atoms with Gasteiger partial charge in [0, 0.05) is 18.2 Å². The predicted molar refractivity (Wildman–Crippen MR) is 126 cm³/mol. The van der Waals surface area contributed by atoms with Crippen LogP contribution < -0.4 is 14.8 Å². The van der Waals surface area contributed by atoms with Crippen molar-refractivity contribution in [2.24, 2.45) is 0 Å². The minimum Gasteiger partial charge on any atom is -0.494 e. The number of hydrogen-bond acceptors (Lipinski definition) is 9. The van der Waals surface area contributed by atoms with Crippen LogP contribution in [0.25, 0.3) is 0 Å². The highest BCUT2D eigenvalue weighted by Crippen LogP contribution is 2.40. The number of rotatable bonds is 10. The zero-order valence-corrected chi connectivity index (χ0v) is 20.3. The second-order valence-corrected chi connectivity index (χ2v) is 8.96. The normalized spacial score (nSPS) is 18.7. The van der Waals surface area contributed by atoms with Gasteiger partial charge in [0.1, 0.15) is 47.6 Å². The van der Waals surface area contributed by atoms with Gasteiger partial charge >= 0.3 is 11.9 Å². The van der Waals surface area contributed by atoms with E-state index >= 15 is 0 Å². The number of nitrogens with one attached hydrogen (secondary N) is 1. The Bertz CT molecular complexity index is 1200. The number of β-lactam (4-membered cyclic amide) rings is 1. The van der Waals surface area contributed by atoms with Gasteiger partial charge in [-0.3, -0.25) is 19.3 Å². The number of amides is 2. The van der Waals surface area contributed by atoms with Gasteiger partial charge in [-0.15, -0.1) is 11.8 Å². The Labute approximate surface area is 210 Å². The molecule has 4 rings (SSSR count). The SMILES string of the molecule is CCOc1ccc(OCc2ccc(C(=O)N[C@H]3C(=O)N4C(C(=O)O)=C(COC(C)=O)CS[C@@H]34)o2)cc1. The molecule has 36 heavy (non-hydrogen) atoms. The van der Waals surface area contributed by atoms with Gasteiger partial charge in [-0.25, -0.2) is 4.79 Å². The van der Waals surface area contributed by atoms with Gasteiger partial charge < -0.3 is 29.1 Å². The summed E-state index contributed by atoms with van der Waals surface area (Å²) < 4.78 is 21.5. The maximum absolute atomic E-state index is 12.7. The van der Waals surface area contributed by atoms with E-state index in [0.717, 1.165) is 10.6 Å². The third-order valence-electron chi connectivity index (χ3n) is 5.39. The molecule has 0 spiro atoms. The Balaban J connectivity index is 1.35. The monoisotopic (exact) mass is 516 g/mol. The van der Waals surface area contributed by atoms with Crippen LogP contribution in [0.1, 0.15) is 30.2 Å². The van der Waals surface area contributed by atoms with Crippen LogP contribution in [-0.4, -0.2) is 64.1 Å². The minimum atomic E-state index is -1.30. The number of furan rings is 1. The summed E-state index contributed by atoms with van der Waals surface area (Å²) in [6.07, 6.45) is 0. The summed E-state index contributed by atoms with van der Waals surface area (Å²) in [5.74, 6) is -1.05. The van der Waals surface area contributed by atoms with E-state index in [-0.39, 0.29) is 30.4 Å². The van der Waals surface area contributed by atoms with Gasteiger partial charge in [-0.05, 0) is 43.3 Å². The van der Waals surface area contributed by atoms with Crippen LogP contribution in [0.15, 0.2) is 52.1 Å². The molecule has 1 aromatic heterocycles. The number of carboxylic acids is 1. The molecule has 12 heteroatoms. The van der Waals surface area contributed by atoms with Crippen molar-refractivity contribution in [3.63, 3.8) is 0 Å². The second-order valence-electron chi connectivity index (χ2n) is 7.86. The average Bonchev–Trinajstić information content (AvgIpc) is 3.34. The van der Waals surface area contributed by atoms with E-state index < -0.39 is 35.2 Å². The lowest BCUT2D eigenvalue weighted by Crippen LogP contribution is -2.70. The number of carboxylic acid groups (broad SMARTS) is 1. The van der Waals surface area contributed by atoms with E-state index in [1.54, 1.807) is 30.3 Å². The largest absolute Gasteiger partial charge is 0.494 e. The van der Waals surface area contributed by atoms with Crippen molar-refractivity contribution >= 4 is 35.5 Å². The molecule has 2 aliphatic heterocycles. The molecule has 2 amide bonds. The number of esters is 1. The molecule has 190 valence electrons. The first kappa shape index (κ1) is 25.2. The quantitative estimate of drug-likeness (QED) is 0.356.